The molecule has 8 aliphatic rings. The molecule has 6 fully saturated rings. The number of aliphatic hydroxyl groups excluding tert-OH is 2. The molecule has 0 radical (unpaired) electrons. The molecule has 0 bridgehead atoms. The van der Waals surface area contributed by atoms with E-state index in [9.17, 15) is 49.1 Å². The molecule has 0 heterocycles. The van der Waals surface area contributed by atoms with Crippen molar-refractivity contribution < 1.29 is 105 Å². The summed E-state index contributed by atoms with van der Waals surface area (Å²) in [5.41, 5.74) is -16.6. The van der Waals surface area contributed by atoms with Gasteiger partial charge in [0, 0.05) is 41.7 Å². The molecular formula is C44H56F2NaO12P. The zero-order valence-electron chi connectivity index (χ0n) is 40.4. The van der Waals surface area contributed by atoms with Gasteiger partial charge in [0.1, 0.15) is 24.4 Å². The van der Waals surface area contributed by atoms with E-state index in [2.05, 4.69) is 0 Å². The number of rotatable bonds is 8. The van der Waals surface area contributed by atoms with Crippen molar-refractivity contribution in [2.45, 2.75) is 128 Å². The quantitative estimate of drug-likeness (QED) is 0.201. The molecule has 0 aromatic carbocycles. The Labute approximate surface area is 379 Å². The molecule has 0 unspecified atom stereocenters. The monoisotopic (exact) mass is 874 g/mol. The van der Waals surface area contributed by atoms with Gasteiger partial charge < -0.3 is 34.4 Å². The van der Waals surface area contributed by atoms with E-state index in [-0.39, 0.29) is 66.8 Å². The molecule has 0 aliphatic heterocycles. The van der Waals surface area contributed by atoms with Gasteiger partial charge in [-0.25, -0.2) is 8.78 Å². The fourth-order valence-electron chi connectivity index (χ4n) is 14.1. The third-order valence-corrected chi connectivity index (χ3v) is 18.2. The van der Waals surface area contributed by atoms with Gasteiger partial charge in [0.2, 0.25) is 0 Å². The molecule has 8 rings (SSSR count). The number of carbonyl (C=O) groups is 4. The van der Waals surface area contributed by atoms with Gasteiger partial charge in [-0.15, -0.1) is 0 Å². The summed E-state index contributed by atoms with van der Waals surface area (Å²) < 4.78 is 109. The van der Waals surface area contributed by atoms with Gasteiger partial charge in [0.25, 0.3) is 7.82 Å². The zero-order valence-corrected chi connectivity index (χ0v) is 37.3. The summed E-state index contributed by atoms with van der Waals surface area (Å²) in [6.45, 7) is -3.49. The van der Waals surface area contributed by atoms with Crippen LogP contribution in [0.15, 0.2) is 47.6 Å². The van der Waals surface area contributed by atoms with Gasteiger partial charge in [-0.3, -0.25) is 23.7 Å². The first-order valence-corrected chi connectivity index (χ1v) is 21.8. The van der Waals surface area contributed by atoms with Crippen LogP contribution in [0.2, 0.25) is 0 Å². The number of phosphoric ester groups is 1. The Balaban J connectivity index is 0.00000648. The van der Waals surface area contributed by atoms with Gasteiger partial charge in [-0.05, 0) is 113 Å². The summed E-state index contributed by atoms with van der Waals surface area (Å²) in [7, 11) is -5.83. The van der Waals surface area contributed by atoms with E-state index < -0.39 is 164 Å². The van der Waals surface area contributed by atoms with Crippen molar-refractivity contribution in [3.8, 4) is 0 Å². The maximum atomic E-state index is 17.7. The summed E-state index contributed by atoms with van der Waals surface area (Å²) in [4.78, 5) is 66.3. The Kier molecular flexibility index (Phi) is 9.38. The van der Waals surface area contributed by atoms with Crippen LogP contribution in [0.5, 0.6) is 0 Å². The standard InChI is InChI=1S/C44H57F2O12P.Na/c1-23-15-31-29-9-7-25-17-27(47)11-13-37(25,3)41(29,45)33(49)19-39(31,5)43(23,53)35(51)21-57-59(55,56)58-22-36(52)44(54)24(2)16-32-30-10-8-26-18-28(48)12-14-38(26,4)42(30,46)34(50)20-40(32,44)6;/h11-14,17-18,23-24,29-34,49-50,53-54H,7-10,15-16,19-22H2,1-6H3,(H,55,56);/q;+1/p-1/t23-,24-,29+,30+,31+,32+,33+,34+,37+,38+,39+,40+,41+,42+,43+,44+;/m1./s1/i1D3,2D3;. The number of aliphatic hydroxyl groups is 4. The van der Waals surface area contributed by atoms with E-state index in [0.29, 0.717) is 11.1 Å². The number of phosphoric acid groups is 1. The topological polar surface area (TPSA) is 208 Å². The van der Waals surface area contributed by atoms with Gasteiger partial charge >= 0.3 is 29.6 Å². The molecule has 0 spiro atoms. The van der Waals surface area contributed by atoms with Gasteiger partial charge in [-0.1, -0.05) is 50.8 Å². The third-order valence-electron chi connectivity index (χ3n) is 17.3. The average Bonchev–Trinajstić information content (AvgIpc) is 3.59. The van der Waals surface area contributed by atoms with E-state index in [4.69, 9.17) is 17.3 Å². The molecule has 8 aliphatic carbocycles. The summed E-state index contributed by atoms with van der Waals surface area (Å²) in [5.74, 6) is -11.7. The Bertz CT molecular complexity index is 2160. The molecule has 4 N–H and O–H groups in total. The van der Waals surface area contributed by atoms with E-state index in [1.807, 2.05) is 0 Å². The molecule has 324 valence electrons. The normalized spacial score (nSPS) is 52.1. The second-order valence-electron chi connectivity index (χ2n) is 19.5. The first-order chi connectivity index (χ1) is 29.6. The zero-order chi connectivity index (χ0) is 48.3. The van der Waals surface area contributed by atoms with Crippen molar-refractivity contribution in [2.75, 3.05) is 13.2 Å². The largest absolute Gasteiger partial charge is 1.00 e. The molecular weight excluding hydrogens is 812 g/mol. The molecule has 60 heavy (non-hydrogen) atoms. The summed E-state index contributed by atoms with van der Waals surface area (Å²) in [5, 5.41) is 48.3. The number of halogens is 2. The molecule has 12 nitrogen and oxygen atoms in total. The van der Waals surface area contributed by atoms with Crippen LogP contribution in [0, 0.1) is 57.2 Å². The number of allylic oxidation sites excluding steroid dienone is 8. The van der Waals surface area contributed by atoms with Crippen LogP contribution in [0.25, 0.3) is 0 Å². The number of Topliss-reactive ketones (excluding diaryl/α,β-unsaturated/α-hetero) is 2. The van der Waals surface area contributed by atoms with Crippen LogP contribution >= 0.6 is 7.82 Å². The molecule has 16 heteroatoms. The summed E-state index contributed by atoms with van der Waals surface area (Å²) >= 11 is 0. The average molecular weight is 875 g/mol. The van der Waals surface area contributed by atoms with Crippen molar-refractivity contribution in [1.29, 1.82) is 0 Å². The molecule has 0 aromatic rings. The Hall–Kier alpha value is -1.55. The molecule has 6 saturated carbocycles. The van der Waals surface area contributed by atoms with Crippen LogP contribution in [0.4, 0.5) is 8.78 Å². The second-order valence-corrected chi connectivity index (χ2v) is 20.9. The van der Waals surface area contributed by atoms with Crippen molar-refractivity contribution >= 4 is 31.0 Å². The van der Waals surface area contributed by atoms with Crippen LogP contribution in [-0.4, -0.2) is 91.5 Å². The maximum absolute atomic E-state index is 17.7. The first-order valence-electron chi connectivity index (χ1n) is 23.4. The van der Waals surface area contributed by atoms with Crippen LogP contribution in [0.3, 0.4) is 0 Å². The van der Waals surface area contributed by atoms with Gasteiger partial charge in [-0.2, -0.15) is 0 Å². The first kappa shape index (κ1) is 38.9. The number of ketones is 4. The number of alkyl halides is 2. The summed E-state index contributed by atoms with van der Waals surface area (Å²) in [6, 6.07) is 0. The molecule has 0 aromatic heterocycles. The van der Waals surface area contributed by atoms with Crippen molar-refractivity contribution in [2.24, 2.45) is 57.2 Å². The van der Waals surface area contributed by atoms with Crippen LogP contribution in [0.1, 0.15) is 101 Å². The molecule has 0 saturated heterocycles. The van der Waals surface area contributed by atoms with Gasteiger partial charge in [0.05, 0.1) is 12.2 Å². The van der Waals surface area contributed by atoms with E-state index in [1.54, 1.807) is 0 Å². The Morgan fingerprint density at radius 3 is 1.48 bits per heavy atom. The summed E-state index contributed by atoms with van der Waals surface area (Å²) in [6.07, 6.45) is 2.30. The van der Waals surface area contributed by atoms with Crippen LogP contribution < -0.4 is 34.5 Å². The smallest absolute Gasteiger partial charge is 0.756 e. The fourth-order valence-corrected chi connectivity index (χ4v) is 14.7. The molecule has 16 atom stereocenters. The minimum atomic E-state index is -5.83. The second kappa shape index (κ2) is 14.5. The Morgan fingerprint density at radius 1 is 0.767 bits per heavy atom. The number of hydrogen-bond donors (Lipinski definition) is 4. The van der Waals surface area contributed by atoms with E-state index >= 15 is 8.78 Å². The van der Waals surface area contributed by atoms with Crippen LogP contribution in [-0.2, 0) is 32.8 Å². The fraction of sp³-hybridized carbons (Fsp3) is 0.727. The van der Waals surface area contributed by atoms with E-state index in [1.165, 1.54) is 64.2 Å². The van der Waals surface area contributed by atoms with Gasteiger partial charge in [0.15, 0.2) is 34.5 Å². The van der Waals surface area contributed by atoms with Crippen molar-refractivity contribution in [3.63, 3.8) is 0 Å². The van der Waals surface area contributed by atoms with Crippen molar-refractivity contribution in [1.82, 2.24) is 0 Å². The number of fused-ring (bicyclic) bond motifs is 10. The SMILES string of the molecule is [2H]C([2H])([2H])[C@@H]1C[C@H]2[C@@H]3CCC4=CC(=O)C=C[C@]4(C)[C@@]3(F)[C@@H](O)C[C@]2(C)[C@@]1(O)C(=O)COP(=O)([O-])OCC(=O)[C@@]1(O)[C@H](C([2H])([2H])[2H])C[C@H]2[C@@H]3CCC4=CC(=O)C=C[C@]4(C)[C@@]3(F)[C@@H](O)C[C@@]21C.[Na+]. The number of hydrogen-bond acceptors (Lipinski definition) is 12. The minimum Gasteiger partial charge on any atom is -0.756 e. The minimum absolute atomic E-state index is 0. The predicted molar refractivity (Wildman–Crippen MR) is 205 cm³/mol. The molecule has 0 amide bonds. The van der Waals surface area contributed by atoms with E-state index in [0.717, 1.165) is 0 Å². The predicted octanol–water partition coefficient (Wildman–Crippen LogP) is 1.33. The number of carbonyl (C=O) groups excluding carboxylic acids is 4. The maximum Gasteiger partial charge on any atom is 1.00 e. The Morgan fingerprint density at radius 2 is 1.13 bits per heavy atom. The van der Waals surface area contributed by atoms with Crippen molar-refractivity contribution in [3.05, 3.63) is 47.6 Å². The third kappa shape index (κ3) is 5.70.